The van der Waals surface area contributed by atoms with Crippen LogP contribution in [0.2, 0.25) is 0 Å². The van der Waals surface area contributed by atoms with E-state index in [0.29, 0.717) is 22.3 Å². The van der Waals surface area contributed by atoms with E-state index in [2.05, 4.69) is 14.8 Å². The molecule has 0 unspecified atom stereocenters. The molecule has 2 aromatic heterocycles. The molecular formula is C25H21FN4O5. The molecule has 2 heterocycles. The summed E-state index contributed by atoms with van der Waals surface area (Å²) in [7, 11) is 0. The zero-order valence-electron chi connectivity index (χ0n) is 18.7. The Labute approximate surface area is 199 Å². The molecule has 0 radical (unpaired) electrons. The van der Waals surface area contributed by atoms with Crippen molar-refractivity contribution in [2.24, 2.45) is 0 Å². The van der Waals surface area contributed by atoms with E-state index in [-0.39, 0.29) is 24.5 Å². The van der Waals surface area contributed by atoms with Gasteiger partial charge >= 0.3 is 12.1 Å². The van der Waals surface area contributed by atoms with Crippen LogP contribution in [0.5, 0.6) is 0 Å². The Morgan fingerprint density at radius 3 is 2.57 bits per heavy atom. The number of esters is 1. The molecular weight excluding hydrogens is 455 g/mol. The second-order valence-electron chi connectivity index (χ2n) is 7.44. The highest BCUT2D eigenvalue weighted by molar-refractivity contribution is 6.04. The summed E-state index contributed by atoms with van der Waals surface area (Å²) in [4.78, 5) is 40.9. The van der Waals surface area contributed by atoms with Crippen LogP contribution in [0.4, 0.5) is 9.18 Å². The average Bonchev–Trinajstić information content (AvgIpc) is 3.25. The number of halogens is 1. The average molecular weight is 476 g/mol. The minimum absolute atomic E-state index is 0.0930. The van der Waals surface area contributed by atoms with Crippen LogP contribution >= 0.6 is 0 Å². The Bertz CT molecular complexity index is 1390. The smallest absolute Gasteiger partial charge is 0.413 e. The van der Waals surface area contributed by atoms with Crippen LogP contribution < -0.4 is 5.32 Å². The number of carbonyl (C=O) groups excluding carboxylic acids is 3. The van der Waals surface area contributed by atoms with E-state index in [1.807, 2.05) is 35.6 Å². The number of carbonyl (C=O) groups is 3. The van der Waals surface area contributed by atoms with E-state index >= 15 is 0 Å². The van der Waals surface area contributed by atoms with Crippen LogP contribution in [-0.2, 0) is 20.8 Å². The van der Waals surface area contributed by atoms with Crippen molar-refractivity contribution >= 4 is 29.0 Å². The quantitative estimate of drug-likeness (QED) is 0.405. The van der Waals surface area contributed by atoms with Gasteiger partial charge in [0, 0.05) is 5.56 Å². The number of hydrogen-bond donors (Lipinski definition) is 1. The maximum Gasteiger partial charge on any atom is 0.413 e. The maximum atomic E-state index is 13.7. The molecule has 0 fully saturated rings. The first kappa shape index (κ1) is 23.6. The van der Waals surface area contributed by atoms with Gasteiger partial charge in [0.2, 0.25) is 0 Å². The molecule has 0 saturated heterocycles. The molecule has 4 rings (SSSR count). The lowest BCUT2D eigenvalue weighted by Crippen LogP contribution is -2.34. The Balaban J connectivity index is 1.66. The van der Waals surface area contributed by atoms with Crippen LogP contribution in [0.1, 0.15) is 22.8 Å². The Morgan fingerprint density at radius 2 is 1.83 bits per heavy atom. The molecule has 0 saturated carbocycles. The van der Waals surface area contributed by atoms with E-state index in [4.69, 9.17) is 4.74 Å². The number of rotatable bonds is 7. The molecule has 178 valence electrons. The van der Waals surface area contributed by atoms with Gasteiger partial charge in [-0.1, -0.05) is 42.5 Å². The fourth-order valence-corrected chi connectivity index (χ4v) is 3.42. The van der Waals surface area contributed by atoms with Gasteiger partial charge in [-0.15, -0.1) is 0 Å². The third kappa shape index (κ3) is 5.67. The minimum Gasteiger partial charge on any atom is -0.452 e. The number of amides is 2. The van der Waals surface area contributed by atoms with Gasteiger partial charge < -0.3 is 9.47 Å². The Kier molecular flexibility index (Phi) is 7.10. The predicted molar refractivity (Wildman–Crippen MR) is 124 cm³/mol. The summed E-state index contributed by atoms with van der Waals surface area (Å²) in [5, 5.41) is 6.70. The normalized spacial score (nSPS) is 10.7. The van der Waals surface area contributed by atoms with E-state index in [1.165, 1.54) is 18.3 Å². The van der Waals surface area contributed by atoms with E-state index in [1.54, 1.807) is 29.8 Å². The molecule has 2 aromatic carbocycles. The molecule has 35 heavy (non-hydrogen) atoms. The van der Waals surface area contributed by atoms with Crippen molar-refractivity contribution in [2.75, 3.05) is 13.2 Å². The highest BCUT2D eigenvalue weighted by Gasteiger charge is 2.20. The maximum absolute atomic E-state index is 13.7. The summed E-state index contributed by atoms with van der Waals surface area (Å²) in [6, 6.07) is 16.9. The predicted octanol–water partition coefficient (Wildman–Crippen LogP) is 3.72. The molecule has 0 aliphatic carbocycles. The lowest BCUT2D eigenvalue weighted by atomic mass is 10.1. The van der Waals surface area contributed by atoms with Gasteiger partial charge in [0.25, 0.3) is 5.91 Å². The standard InChI is InChI=1S/C25H21FN4O5/c1-2-34-25(33)29-22(31)15-35-24(32)19-12-21(17-8-4-3-5-9-17)28-23-20(19)13-27-30(23)14-16-7-6-10-18(26)11-16/h3-13H,2,14-15H2,1H3,(H,29,31,33). The van der Waals surface area contributed by atoms with Gasteiger partial charge in [-0.25, -0.2) is 23.6 Å². The van der Waals surface area contributed by atoms with Crippen LogP contribution in [-0.4, -0.2) is 45.9 Å². The number of aromatic nitrogens is 3. The van der Waals surface area contributed by atoms with E-state index in [9.17, 15) is 18.8 Å². The molecule has 10 heteroatoms. The summed E-state index contributed by atoms with van der Waals surface area (Å²) in [6.45, 7) is 1.23. The number of fused-ring (bicyclic) bond motifs is 1. The fourth-order valence-electron chi connectivity index (χ4n) is 3.42. The van der Waals surface area contributed by atoms with Crippen molar-refractivity contribution in [1.82, 2.24) is 20.1 Å². The fraction of sp³-hybridized carbons (Fsp3) is 0.160. The molecule has 9 nitrogen and oxygen atoms in total. The van der Waals surface area contributed by atoms with Gasteiger partial charge in [0.05, 0.1) is 36.0 Å². The van der Waals surface area contributed by atoms with Crippen molar-refractivity contribution in [1.29, 1.82) is 0 Å². The summed E-state index contributed by atoms with van der Waals surface area (Å²) < 4.78 is 25.0. The Morgan fingerprint density at radius 1 is 1.03 bits per heavy atom. The molecule has 4 aromatic rings. The zero-order chi connectivity index (χ0) is 24.8. The molecule has 0 atom stereocenters. The number of ether oxygens (including phenoxy) is 2. The summed E-state index contributed by atoms with van der Waals surface area (Å²) in [5.74, 6) is -1.99. The number of benzene rings is 2. The number of pyridine rings is 1. The molecule has 2 amide bonds. The first-order valence-electron chi connectivity index (χ1n) is 10.7. The number of nitrogens with one attached hydrogen (secondary N) is 1. The van der Waals surface area contributed by atoms with Crippen molar-refractivity contribution in [3.8, 4) is 11.3 Å². The number of hydrogen-bond acceptors (Lipinski definition) is 7. The first-order chi connectivity index (χ1) is 16.9. The third-order valence-electron chi connectivity index (χ3n) is 4.97. The van der Waals surface area contributed by atoms with Gasteiger partial charge in [-0.2, -0.15) is 5.10 Å². The van der Waals surface area contributed by atoms with Crippen molar-refractivity contribution in [3.63, 3.8) is 0 Å². The summed E-state index contributed by atoms with van der Waals surface area (Å²) >= 11 is 0. The number of imide groups is 1. The van der Waals surface area contributed by atoms with Gasteiger partial charge in [-0.05, 0) is 30.7 Å². The molecule has 0 aliphatic heterocycles. The van der Waals surface area contributed by atoms with E-state index in [0.717, 1.165) is 5.56 Å². The first-order valence-corrected chi connectivity index (χ1v) is 10.7. The van der Waals surface area contributed by atoms with Crippen LogP contribution in [0, 0.1) is 5.82 Å². The lowest BCUT2D eigenvalue weighted by molar-refractivity contribution is -0.123. The van der Waals surface area contributed by atoms with Crippen LogP contribution in [0.3, 0.4) is 0 Å². The van der Waals surface area contributed by atoms with Crippen LogP contribution in [0.25, 0.3) is 22.3 Å². The Hall–Kier alpha value is -4.60. The van der Waals surface area contributed by atoms with Gasteiger partial charge in [0.15, 0.2) is 12.3 Å². The van der Waals surface area contributed by atoms with E-state index < -0.39 is 24.6 Å². The van der Waals surface area contributed by atoms with Crippen molar-refractivity contribution < 1.29 is 28.2 Å². The number of nitrogens with zero attached hydrogens (tertiary/aromatic N) is 3. The number of alkyl carbamates (subject to hydrolysis) is 1. The minimum atomic E-state index is -0.926. The summed E-state index contributed by atoms with van der Waals surface area (Å²) in [5.41, 5.74) is 2.44. The highest BCUT2D eigenvalue weighted by atomic mass is 19.1. The second-order valence-corrected chi connectivity index (χ2v) is 7.44. The molecule has 0 aliphatic rings. The second kappa shape index (κ2) is 10.6. The molecule has 0 spiro atoms. The van der Waals surface area contributed by atoms with Gasteiger partial charge in [0.1, 0.15) is 5.82 Å². The molecule has 1 N–H and O–H groups in total. The van der Waals surface area contributed by atoms with Gasteiger partial charge in [-0.3, -0.25) is 10.1 Å². The topological polar surface area (TPSA) is 112 Å². The highest BCUT2D eigenvalue weighted by Crippen LogP contribution is 2.26. The SMILES string of the molecule is CCOC(=O)NC(=O)COC(=O)c1cc(-c2ccccc2)nc2c1cnn2Cc1cccc(F)c1. The van der Waals surface area contributed by atoms with Crippen molar-refractivity contribution in [3.05, 3.63) is 83.8 Å². The van der Waals surface area contributed by atoms with Crippen LogP contribution in [0.15, 0.2) is 66.9 Å². The largest absolute Gasteiger partial charge is 0.452 e. The zero-order valence-corrected chi connectivity index (χ0v) is 18.7. The lowest BCUT2D eigenvalue weighted by Gasteiger charge is -2.10. The van der Waals surface area contributed by atoms with Crippen molar-refractivity contribution in [2.45, 2.75) is 13.5 Å². The summed E-state index contributed by atoms with van der Waals surface area (Å²) in [6.07, 6.45) is 0.538. The third-order valence-corrected chi connectivity index (χ3v) is 4.97. The molecule has 0 bridgehead atoms. The monoisotopic (exact) mass is 476 g/mol.